The van der Waals surface area contributed by atoms with Gasteiger partial charge in [0.2, 0.25) is 5.88 Å². The molecule has 0 saturated heterocycles. The van der Waals surface area contributed by atoms with Gasteiger partial charge < -0.3 is 13.9 Å². The molecule has 0 radical (unpaired) electrons. The minimum Gasteiger partial charge on any atom is -0.493 e. The molecule has 8 nitrogen and oxygen atoms in total. The third-order valence-electron chi connectivity index (χ3n) is 5.15. The van der Waals surface area contributed by atoms with Crippen LogP contribution in [0.1, 0.15) is 11.1 Å². The molecule has 0 aliphatic rings. The first-order valence-electron chi connectivity index (χ1n) is 10.2. The topological polar surface area (TPSA) is 111 Å². The van der Waals surface area contributed by atoms with Crippen LogP contribution in [0.25, 0.3) is 22.5 Å². The lowest BCUT2D eigenvalue weighted by Crippen LogP contribution is -1.98. The maximum Gasteiger partial charge on any atom is 0.282 e. The Morgan fingerprint density at radius 1 is 0.971 bits per heavy atom. The van der Waals surface area contributed by atoms with Gasteiger partial charge in [-0.05, 0) is 11.6 Å². The normalized spacial score (nSPS) is 10.7. The number of aliphatic imine (C=N–C) groups is 1. The Labute approximate surface area is 195 Å². The summed E-state index contributed by atoms with van der Waals surface area (Å²) in [5.74, 6) is 1.06. The molecule has 0 spiro atoms. The van der Waals surface area contributed by atoms with Crippen molar-refractivity contribution in [2.45, 2.75) is 0 Å². The van der Waals surface area contributed by atoms with E-state index >= 15 is 0 Å². The molecule has 1 heterocycles. The van der Waals surface area contributed by atoms with Crippen LogP contribution < -0.4 is 9.47 Å². The minimum absolute atomic E-state index is 0.0456. The number of nitriles is 1. The smallest absolute Gasteiger partial charge is 0.282 e. The first-order valence-corrected chi connectivity index (χ1v) is 10.2. The Balaban J connectivity index is 1.89. The molecule has 0 bridgehead atoms. The zero-order valence-electron chi connectivity index (χ0n) is 18.4. The van der Waals surface area contributed by atoms with Crippen LogP contribution in [0.3, 0.4) is 0 Å². The molecule has 1 aromatic heterocycles. The van der Waals surface area contributed by atoms with Gasteiger partial charge in [-0.1, -0.05) is 60.7 Å². The molecule has 4 rings (SSSR count). The number of methoxy groups -OCH3 is 2. The molecule has 0 amide bonds. The first kappa shape index (κ1) is 22.3. The van der Waals surface area contributed by atoms with Crippen LogP contribution in [-0.2, 0) is 0 Å². The third kappa shape index (κ3) is 4.23. The number of nitrogens with zero attached hydrogens (tertiary/aromatic N) is 3. The average Bonchev–Trinajstić information content (AvgIpc) is 3.26. The Morgan fingerprint density at radius 3 is 2.12 bits per heavy atom. The first-order chi connectivity index (χ1) is 16.6. The van der Waals surface area contributed by atoms with E-state index in [1.165, 1.54) is 32.6 Å². The molecular weight excluding hydrogens is 434 g/mol. The molecular formula is C26H19N3O5. The van der Waals surface area contributed by atoms with Crippen molar-refractivity contribution in [2.75, 3.05) is 14.2 Å². The van der Waals surface area contributed by atoms with Crippen molar-refractivity contribution in [3.8, 4) is 40.0 Å². The van der Waals surface area contributed by atoms with E-state index in [9.17, 15) is 15.4 Å². The maximum atomic E-state index is 11.6. The van der Waals surface area contributed by atoms with Gasteiger partial charge in [-0.2, -0.15) is 5.26 Å². The third-order valence-corrected chi connectivity index (χ3v) is 5.15. The maximum absolute atomic E-state index is 11.6. The number of nitro groups is 1. The van der Waals surface area contributed by atoms with Gasteiger partial charge in [0.15, 0.2) is 11.5 Å². The van der Waals surface area contributed by atoms with Crippen molar-refractivity contribution in [3.05, 3.63) is 94.0 Å². The molecule has 8 heteroatoms. The van der Waals surface area contributed by atoms with E-state index in [0.717, 1.165) is 11.1 Å². The Bertz CT molecular complexity index is 1400. The van der Waals surface area contributed by atoms with Crippen LogP contribution in [0.15, 0.2) is 82.2 Å². The van der Waals surface area contributed by atoms with Crippen LogP contribution in [0.5, 0.6) is 11.5 Å². The number of furan rings is 1. The predicted molar refractivity (Wildman–Crippen MR) is 128 cm³/mol. The van der Waals surface area contributed by atoms with Crippen molar-refractivity contribution < 1.29 is 18.8 Å². The summed E-state index contributed by atoms with van der Waals surface area (Å²) in [6.45, 7) is 0. The number of rotatable bonds is 7. The van der Waals surface area contributed by atoms with E-state index in [1.807, 2.05) is 60.7 Å². The van der Waals surface area contributed by atoms with Crippen LogP contribution in [0.4, 0.5) is 11.6 Å². The zero-order valence-corrected chi connectivity index (χ0v) is 18.4. The second-order valence-electron chi connectivity index (χ2n) is 7.11. The highest BCUT2D eigenvalue weighted by molar-refractivity contribution is 5.92. The molecule has 0 unspecified atom stereocenters. The number of benzene rings is 3. The van der Waals surface area contributed by atoms with Crippen molar-refractivity contribution in [2.24, 2.45) is 4.99 Å². The lowest BCUT2D eigenvalue weighted by Gasteiger charge is -2.08. The molecule has 0 aliphatic heterocycles. The molecule has 0 fully saturated rings. The van der Waals surface area contributed by atoms with Gasteiger partial charge in [-0.15, -0.1) is 0 Å². The summed E-state index contributed by atoms with van der Waals surface area (Å²) >= 11 is 0. The van der Waals surface area contributed by atoms with Gasteiger partial charge >= 0.3 is 0 Å². The second-order valence-corrected chi connectivity index (χ2v) is 7.11. The molecule has 4 aromatic rings. The van der Waals surface area contributed by atoms with Crippen molar-refractivity contribution in [3.63, 3.8) is 0 Å². The Hall–Kier alpha value is -4.90. The highest BCUT2D eigenvalue weighted by Gasteiger charge is 2.23. The quantitative estimate of drug-likeness (QED) is 0.188. The number of hydrogen-bond acceptors (Lipinski definition) is 7. The number of hydrogen-bond donors (Lipinski definition) is 0. The van der Waals surface area contributed by atoms with E-state index in [4.69, 9.17) is 13.9 Å². The fraction of sp³-hybridized carbons (Fsp3) is 0.0769. The van der Waals surface area contributed by atoms with Gasteiger partial charge in [0, 0.05) is 17.3 Å². The summed E-state index contributed by atoms with van der Waals surface area (Å²) in [6, 6.07) is 23.6. The SMILES string of the molecule is COc1cc(C=Nc2oc(-c3ccccc3)c(-c3ccccc3)c2C#N)c([N+](=O)[O-])cc1OC. The lowest BCUT2D eigenvalue weighted by molar-refractivity contribution is -0.385. The van der Waals surface area contributed by atoms with E-state index in [0.29, 0.717) is 17.1 Å². The molecule has 34 heavy (non-hydrogen) atoms. The van der Waals surface area contributed by atoms with Gasteiger partial charge in [0.1, 0.15) is 17.4 Å². The number of nitro benzene ring substituents is 1. The van der Waals surface area contributed by atoms with E-state index in [-0.39, 0.29) is 28.4 Å². The number of ether oxygens (including phenoxy) is 2. The molecule has 0 N–H and O–H groups in total. The van der Waals surface area contributed by atoms with Crippen molar-refractivity contribution >= 4 is 17.8 Å². The molecule has 3 aromatic carbocycles. The standard InChI is InChI=1S/C26H19N3O5/c1-32-22-13-19(21(29(30)31)14-23(22)33-2)16-28-26-20(15-27)24(17-9-5-3-6-10-17)25(34-26)18-11-7-4-8-12-18/h3-14,16H,1-2H3. The van der Waals surface area contributed by atoms with Gasteiger partial charge in [-0.25, -0.2) is 4.99 Å². The average molecular weight is 453 g/mol. The van der Waals surface area contributed by atoms with Gasteiger partial charge in [0.05, 0.1) is 30.8 Å². The molecule has 0 saturated carbocycles. The van der Waals surface area contributed by atoms with Crippen LogP contribution >= 0.6 is 0 Å². The van der Waals surface area contributed by atoms with Gasteiger partial charge in [0.25, 0.3) is 5.69 Å². The molecule has 0 atom stereocenters. The molecule has 0 aliphatic carbocycles. The predicted octanol–water partition coefficient (Wildman–Crippen LogP) is 6.16. The zero-order chi connectivity index (χ0) is 24.1. The summed E-state index contributed by atoms with van der Waals surface area (Å²) in [4.78, 5) is 15.4. The largest absolute Gasteiger partial charge is 0.493 e. The summed E-state index contributed by atoms with van der Waals surface area (Å²) in [6.07, 6.45) is 1.28. The van der Waals surface area contributed by atoms with Crippen LogP contribution in [-0.4, -0.2) is 25.4 Å². The van der Waals surface area contributed by atoms with E-state index in [1.54, 1.807) is 0 Å². The van der Waals surface area contributed by atoms with Crippen molar-refractivity contribution in [1.82, 2.24) is 0 Å². The fourth-order valence-electron chi connectivity index (χ4n) is 3.56. The summed E-state index contributed by atoms with van der Waals surface area (Å²) in [5, 5.41) is 21.6. The highest BCUT2D eigenvalue weighted by atomic mass is 16.6. The van der Waals surface area contributed by atoms with Gasteiger partial charge in [-0.3, -0.25) is 10.1 Å². The van der Waals surface area contributed by atoms with Crippen molar-refractivity contribution in [1.29, 1.82) is 5.26 Å². The van der Waals surface area contributed by atoms with E-state index in [2.05, 4.69) is 11.1 Å². The highest BCUT2D eigenvalue weighted by Crippen LogP contribution is 2.42. The van der Waals surface area contributed by atoms with Crippen LogP contribution in [0, 0.1) is 21.4 Å². The Kier molecular flexibility index (Phi) is 6.37. The lowest BCUT2D eigenvalue weighted by atomic mass is 9.98. The van der Waals surface area contributed by atoms with E-state index < -0.39 is 4.92 Å². The monoisotopic (exact) mass is 453 g/mol. The van der Waals surface area contributed by atoms with Crippen LogP contribution in [0.2, 0.25) is 0 Å². The fourth-order valence-corrected chi connectivity index (χ4v) is 3.56. The summed E-state index contributed by atoms with van der Waals surface area (Å²) in [7, 11) is 2.83. The summed E-state index contributed by atoms with van der Waals surface area (Å²) < 4.78 is 16.5. The minimum atomic E-state index is -0.540. The second kappa shape index (κ2) is 9.71. The summed E-state index contributed by atoms with van der Waals surface area (Å²) in [5.41, 5.74) is 2.34. The Morgan fingerprint density at radius 2 is 1.56 bits per heavy atom. The molecule has 168 valence electrons.